The van der Waals surface area contributed by atoms with Crippen LogP contribution in [0.15, 0.2) is 0 Å². The number of carbonyl (C=O) groups is 1. The third-order valence-electron chi connectivity index (χ3n) is 1.90. The van der Waals surface area contributed by atoms with Crippen LogP contribution in [0.25, 0.3) is 0 Å². The zero-order valence-corrected chi connectivity index (χ0v) is 9.30. The second-order valence-corrected chi connectivity index (χ2v) is 3.76. The van der Waals surface area contributed by atoms with Crippen molar-refractivity contribution in [1.29, 1.82) is 0 Å². The van der Waals surface area contributed by atoms with Crippen LogP contribution in [0.3, 0.4) is 0 Å². The van der Waals surface area contributed by atoms with Crippen molar-refractivity contribution in [2.75, 3.05) is 19.8 Å². The molecule has 96 valence electrons. The van der Waals surface area contributed by atoms with E-state index in [1.165, 1.54) is 0 Å². The maximum absolute atomic E-state index is 11.7. The van der Waals surface area contributed by atoms with Gasteiger partial charge in [0.25, 0.3) is 0 Å². The van der Waals surface area contributed by atoms with E-state index in [9.17, 15) is 18.0 Å². The van der Waals surface area contributed by atoms with Crippen molar-refractivity contribution < 1.29 is 22.7 Å². The summed E-state index contributed by atoms with van der Waals surface area (Å²) in [6.45, 7) is 1.92. The Morgan fingerprint density at radius 2 is 2.00 bits per heavy atom. The standard InChI is InChI=1S/C9H17F3N2O2/c1-6(2)7(3-13)14-8(15)4-16-5-9(10,11)12/h6-7H,3-5,13H2,1-2H3,(H,14,15). The molecule has 0 aromatic heterocycles. The van der Waals surface area contributed by atoms with Gasteiger partial charge in [0.15, 0.2) is 0 Å². The van der Waals surface area contributed by atoms with Crippen molar-refractivity contribution in [2.45, 2.75) is 26.1 Å². The van der Waals surface area contributed by atoms with Gasteiger partial charge in [0, 0.05) is 12.6 Å². The van der Waals surface area contributed by atoms with Crippen LogP contribution in [-0.4, -0.2) is 37.9 Å². The Bertz CT molecular complexity index is 219. The molecular weight excluding hydrogens is 225 g/mol. The lowest BCUT2D eigenvalue weighted by Crippen LogP contribution is -2.45. The molecular formula is C9H17F3N2O2. The van der Waals surface area contributed by atoms with Gasteiger partial charge in [-0.05, 0) is 5.92 Å². The summed E-state index contributed by atoms with van der Waals surface area (Å²) in [6, 6.07) is -0.248. The van der Waals surface area contributed by atoms with Crippen LogP contribution in [-0.2, 0) is 9.53 Å². The van der Waals surface area contributed by atoms with Crippen LogP contribution in [0.1, 0.15) is 13.8 Å². The van der Waals surface area contributed by atoms with Crippen molar-refractivity contribution >= 4 is 5.91 Å². The third kappa shape index (κ3) is 7.47. The van der Waals surface area contributed by atoms with Gasteiger partial charge in [0.1, 0.15) is 13.2 Å². The Morgan fingerprint density at radius 3 is 2.38 bits per heavy atom. The Hall–Kier alpha value is -0.820. The van der Waals surface area contributed by atoms with Crippen molar-refractivity contribution in [3.63, 3.8) is 0 Å². The lowest BCUT2D eigenvalue weighted by atomic mass is 10.1. The molecule has 1 unspecified atom stereocenters. The van der Waals surface area contributed by atoms with E-state index in [-0.39, 0.29) is 18.5 Å². The van der Waals surface area contributed by atoms with Crippen LogP contribution in [0, 0.1) is 5.92 Å². The van der Waals surface area contributed by atoms with Gasteiger partial charge in [0.2, 0.25) is 5.91 Å². The zero-order chi connectivity index (χ0) is 12.8. The molecule has 0 aliphatic heterocycles. The molecule has 0 rings (SSSR count). The molecule has 0 bridgehead atoms. The first-order valence-corrected chi connectivity index (χ1v) is 4.90. The van der Waals surface area contributed by atoms with Crippen molar-refractivity contribution in [3.05, 3.63) is 0 Å². The highest BCUT2D eigenvalue weighted by Crippen LogP contribution is 2.14. The summed E-state index contributed by atoms with van der Waals surface area (Å²) in [6.07, 6.45) is -4.41. The molecule has 1 atom stereocenters. The molecule has 0 spiro atoms. The largest absolute Gasteiger partial charge is 0.411 e. The summed E-state index contributed by atoms with van der Waals surface area (Å²) in [5, 5.41) is 2.50. The van der Waals surface area contributed by atoms with Crippen LogP contribution in [0.4, 0.5) is 13.2 Å². The quantitative estimate of drug-likeness (QED) is 0.719. The molecule has 0 aliphatic rings. The number of alkyl halides is 3. The molecule has 0 radical (unpaired) electrons. The maximum Gasteiger partial charge on any atom is 0.411 e. The minimum absolute atomic E-state index is 0.122. The summed E-state index contributed by atoms with van der Waals surface area (Å²) in [4.78, 5) is 11.1. The predicted molar refractivity (Wildman–Crippen MR) is 52.7 cm³/mol. The number of halogens is 3. The Labute approximate surface area is 92.3 Å². The van der Waals surface area contributed by atoms with Gasteiger partial charge in [-0.15, -0.1) is 0 Å². The molecule has 4 nitrogen and oxygen atoms in total. The highest BCUT2D eigenvalue weighted by molar-refractivity contribution is 5.77. The van der Waals surface area contributed by atoms with E-state index in [2.05, 4.69) is 10.1 Å². The molecule has 16 heavy (non-hydrogen) atoms. The minimum Gasteiger partial charge on any atom is -0.362 e. The number of ether oxygens (including phenoxy) is 1. The topological polar surface area (TPSA) is 64.3 Å². The van der Waals surface area contributed by atoms with E-state index in [4.69, 9.17) is 5.73 Å². The fourth-order valence-electron chi connectivity index (χ4n) is 1.01. The van der Waals surface area contributed by atoms with Gasteiger partial charge < -0.3 is 15.8 Å². The van der Waals surface area contributed by atoms with E-state index in [0.717, 1.165) is 0 Å². The summed E-state index contributed by atoms with van der Waals surface area (Å²) in [5.74, 6) is -0.468. The second-order valence-electron chi connectivity index (χ2n) is 3.76. The van der Waals surface area contributed by atoms with Gasteiger partial charge in [0.05, 0.1) is 0 Å². The van der Waals surface area contributed by atoms with Crippen LogP contribution >= 0.6 is 0 Å². The summed E-state index contributed by atoms with van der Waals surface area (Å²) < 4.78 is 39.3. The Morgan fingerprint density at radius 1 is 1.44 bits per heavy atom. The first-order chi connectivity index (χ1) is 7.26. The van der Waals surface area contributed by atoms with Crippen LogP contribution in [0.2, 0.25) is 0 Å². The van der Waals surface area contributed by atoms with Gasteiger partial charge in [-0.3, -0.25) is 4.79 Å². The maximum atomic E-state index is 11.7. The first-order valence-electron chi connectivity index (χ1n) is 4.90. The zero-order valence-electron chi connectivity index (χ0n) is 9.30. The number of rotatable bonds is 6. The van der Waals surface area contributed by atoms with Gasteiger partial charge in [-0.2, -0.15) is 13.2 Å². The van der Waals surface area contributed by atoms with E-state index in [1.54, 1.807) is 0 Å². The van der Waals surface area contributed by atoms with E-state index in [0.29, 0.717) is 0 Å². The average molecular weight is 242 g/mol. The molecule has 0 fully saturated rings. The molecule has 0 aromatic carbocycles. The number of nitrogens with two attached hydrogens (primary N) is 1. The van der Waals surface area contributed by atoms with Crippen molar-refractivity contribution in [1.82, 2.24) is 5.32 Å². The van der Waals surface area contributed by atoms with Crippen LogP contribution in [0.5, 0.6) is 0 Å². The third-order valence-corrected chi connectivity index (χ3v) is 1.90. The number of carbonyl (C=O) groups excluding carboxylic acids is 1. The Balaban J connectivity index is 3.82. The minimum atomic E-state index is -4.41. The molecule has 0 saturated carbocycles. The lowest BCUT2D eigenvalue weighted by Gasteiger charge is -2.20. The molecule has 0 heterocycles. The van der Waals surface area contributed by atoms with E-state index < -0.39 is 25.3 Å². The number of nitrogens with one attached hydrogen (secondary N) is 1. The summed E-state index contributed by atoms with van der Waals surface area (Å²) in [5.41, 5.74) is 5.38. The highest BCUT2D eigenvalue weighted by Gasteiger charge is 2.28. The van der Waals surface area contributed by atoms with Crippen LogP contribution < -0.4 is 11.1 Å². The number of hydrogen-bond donors (Lipinski definition) is 2. The molecule has 0 aromatic rings. The fraction of sp³-hybridized carbons (Fsp3) is 0.889. The number of hydrogen-bond acceptors (Lipinski definition) is 3. The number of amides is 1. The van der Waals surface area contributed by atoms with Crippen molar-refractivity contribution in [3.8, 4) is 0 Å². The smallest absolute Gasteiger partial charge is 0.362 e. The normalized spacial score (nSPS) is 13.9. The molecule has 7 heteroatoms. The molecule has 0 saturated heterocycles. The average Bonchev–Trinajstić information content (AvgIpc) is 2.11. The summed E-state index contributed by atoms with van der Waals surface area (Å²) in [7, 11) is 0. The SMILES string of the molecule is CC(C)C(CN)NC(=O)COCC(F)(F)F. The second kappa shape index (κ2) is 6.70. The molecule has 0 aliphatic carbocycles. The van der Waals surface area contributed by atoms with Gasteiger partial charge in [-0.1, -0.05) is 13.8 Å². The first kappa shape index (κ1) is 15.2. The van der Waals surface area contributed by atoms with E-state index >= 15 is 0 Å². The summed E-state index contributed by atoms with van der Waals surface area (Å²) >= 11 is 0. The van der Waals surface area contributed by atoms with Gasteiger partial charge >= 0.3 is 6.18 Å². The Kier molecular flexibility index (Phi) is 6.35. The highest BCUT2D eigenvalue weighted by atomic mass is 19.4. The molecule has 3 N–H and O–H groups in total. The lowest BCUT2D eigenvalue weighted by molar-refractivity contribution is -0.175. The molecule has 1 amide bonds. The van der Waals surface area contributed by atoms with Gasteiger partial charge in [-0.25, -0.2) is 0 Å². The van der Waals surface area contributed by atoms with E-state index in [1.807, 2.05) is 13.8 Å². The fourth-order valence-corrected chi connectivity index (χ4v) is 1.01. The van der Waals surface area contributed by atoms with Crippen molar-refractivity contribution in [2.24, 2.45) is 11.7 Å². The monoisotopic (exact) mass is 242 g/mol. The predicted octanol–water partition coefficient (Wildman–Crippen LogP) is 0.665.